The fraction of sp³-hybridized carbons (Fsp3) is 0.742. The van der Waals surface area contributed by atoms with Gasteiger partial charge in [-0.15, -0.1) is 0 Å². The molecule has 1 heterocycles. The largest absolute Gasteiger partial charge is 0.408 e. The van der Waals surface area contributed by atoms with Gasteiger partial charge in [0.05, 0.1) is 28.9 Å². The van der Waals surface area contributed by atoms with Gasteiger partial charge < -0.3 is 19.7 Å². The van der Waals surface area contributed by atoms with Gasteiger partial charge in [-0.2, -0.15) is 0 Å². The second kappa shape index (κ2) is 9.57. The molecule has 4 fully saturated rings. The molecular weight excluding hydrogens is 502 g/mol. The van der Waals surface area contributed by atoms with Gasteiger partial charge in [0.2, 0.25) is 0 Å². The molecule has 4 aliphatic rings. The molecule has 0 aliphatic heterocycles. The maximum atomic E-state index is 12.6. The van der Waals surface area contributed by atoms with E-state index >= 15 is 0 Å². The minimum atomic E-state index is -0.446. The fourth-order valence-electron chi connectivity index (χ4n) is 9.91. The predicted molar refractivity (Wildman–Crippen MR) is 147 cm³/mol. The zero-order chi connectivity index (χ0) is 27.0. The van der Waals surface area contributed by atoms with Crippen molar-refractivity contribution in [1.29, 1.82) is 0 Å². The third-order valence-corrected chi connectivity index (χ3v) is 12.3. The molecular formula is C31H42ClNO5. The molecule has 11 atom stereocenters. The Bertz CT molecular complexity index is 1260. The van der Waals surface area contributed by atoms with Gasteiger partial charge in [0.25, 0.3) is 0 Å². The van der Waals surface area contributed by atoms with Crippen LogP contribution in [-0.4, -0.2) is 38.6 Å². The van der Waals surface area contributed by atoms with Crippen LogP contribution in [0.5, 0.6) is 0 Å². The van der Waals surface area contributed by atoms with E-state index in [4.69, 9.17) is 16.0 Å². The number of aliphatic hydroxyl groups is 3. The van der Waals surface area contributed by atoms with E-state index in [2.05, 4.69) is 25.8 Å². The summed E-state index contributed by atoms with van der Waals surface area (Å²) in [7, 11) is 0. The van der Waals surface area contributed by atoms with E-state index in [0.29, 0.717) is 57.8 Å². The predicted octanol–water partition coefficient (Wildman–Crippen LogP) is 5.37. The quantitative estimate of drug-likeness (QED) is 0.479. The highest BCUT2D eigenvalue weighted by atomic mass is 35.5. The number of nitrogens with zero attached hydrogens (tertiary/aromatic N) is 1. The Labute approximate surface area is 229 Å². The van der Waals surface area contributed by atoms with Crippen molar-refractivity contribution in [3.8, 4) is 0 Å². The number of fused-ring (bicyclic) bond motifs is 6. The molecule has 208 valence electrons. The molecule has 6 rings (SSSR count). The van der Waals surface area contributed by atoms with Crippen LogP contribution >= 0.6 is 11.6 Å². The van der Waals surface area contributed by atoms with Crippen LogP contribution in [0.4, 0.5) is 0 Å². The van der Waals surface area contributed by atoms with Crippen LogP contribution in [0.2, 0.25) is 5.02 Å². The first-order valence-corrected chi connectivity index (χ1v) is 15.0. The van der Waals surface area contributed by atoms with Crippen LogP contribution in [0.25, 0.3) is 10.9 Å². The SMILES string of the molecule is C[C@H](CCc1nc2cccc(Cl)c2c(=O)o1)[C@H]1CC[C@H]2[C@H]3C(C[C@H](O)[C@]12C)[C@@]1(C)CC[C@@H](O)C[C@H]1C[C@H]3O. The number of aromatic nitrogens is 1. The van der Waals surface area contributed by atoms with Gasteiger partial charge in [0.1, 0.15) is 5.39 Å². The molecule has 1 aromatic carbocycles. The Morgan fingerprint density at radius 3 is 2.68 bits per heavy atom. The molecule has 0 saturated heterocycles. The lowest BCUT2D eigenvalue weighted by Gasteiger charge is -2.63. The molecule has 38 heavy (non-hydrogen) atoms. The van der Waals surface area contributed by atoms with Crippen molar-refractivity contribution in [3.63, 3.8) is 0 Å². The number of aryl methyl sites for hydroxylation is 1. The van der Waals surface area contributed by atoms with Gasteiger partial charge in [-0.3, -0.25) is 0 Å². The third-order valence-electron chi connectivity index (χ3n) is 12.0. The Hall–Kier alpha value is -1.47. The Morgan fingerprint density at radius 1 is 1.11 bits per heavy atom. The Balaban J connectivity index is 1.21. The van der Waals surface area contributed by atoms with Crippen LogP contribution in [0.15, 0.2) is 27.4 Å². The van der Waals surface area contributed by atoms with E-state index in [1.807, 2.05) is 0 Å². The van der Waals surface area contributed by atoms with E-state index in [9.17, 15) is 20.1 Å². The summed E-state index contributed by atoms with van der Waals surface area (Å²) in [5.41, 5.74) is -0.0499. The summed E-state index contributed by atoms with van der Waals surface area (Å²) < 4.78 is 5.54. The fourth-order valence-corrected chi connectivity index (χ4v) is 10.2. The lowest BCUT2D eigenvalue weighted by atomic mass is 9.43. The van der Waals surface area contributed by atoms with Gasteiger partial charge in [0, 0.05) is 6.42 Å². The van der Waals surface area contributed by atoms with Crippen LogP contribution in [0.1, 0.15) is 78.0 Å². The molecule has 1 aromatic heterocycles. The third kappa shape index (κ3) is 4.00. The Morgan fingerprint density at radius 2 is 1.89 bits per heavy atom. The lowest BCUT2D eigenvalue weighted by molar-refractivity contribution is -0.207. The van der Waals surface area contributed by atoms with Crippen LogP contribution in [0.3, 0.4) is 0 Å². The first-order valence-electron chi connectivity index (χ1n) is 14.7. The number of halogens is 1. The Kier molecular flexibility index (Phi) is 6.73. The molecule has 0 radical (unpaired) electrons. The van der Waals surface area contributed by atoms with Gasteiger partial charge in [-0.05, 0) is 110 Å². The molecule has 4 saturated carbocycles. The maximum absolute atomic E-state index is 12.6. The molecule has 6 nitrogen and oxygen atoms in total. The molecule has 0 spiro atoms. The topological polar surface area (TPSA) is 104 Å². The van der Waals surface area contributed by atoms with E-state index in [1.54, 1.807) is 18.2 Å². The molecule has 3 N–H and O–H groups in total. The van der Waals surface area contributed by atoms with Crippen LogP contribution < -0.4 is 5.63 Å². The maximum Gasteiger partial charge on any atom is 0.348 e. The van der Waals surface area contributed by atoms with Crippen molar-refractivity contribution in [3.05, 3.63) is 39.5 Å². The van der Waals surface area contributed by atoms with Gasteiger partial charge in [-0.25, -0.2) is 9.78 Å². The summed E-state index contributed by atoms with van der Waals surface area (Å²) in [6.45, 7) is 6.90. The van der Waals surface area contributed by atoms with E-state index in [-0.39, 0.29) is 29.0 Å². The smallest absolute Gasteiger partial charge is 0.348 e. The summed E-state index contributed by atoms with van der Waals surface area (Å²) in [4.78, 5) is 17.1. The number of benzene rings is 1. The summed E-state index contributed by atoms with van der Waals surface area (Å²) in [6.07, 6.45) is 6.52. The van der Waals surface area contributed by atoms with E-state index in [1.165, 1.54) is 0 Å². The minimum absolute atomic E-state index is 0.0807. The highest BCUT2D eigenvalue weighted by Crippen LogP contribution is 2.68. The second-order valence-electron chi connectivity index (χ2n) is 13.6. The average Bonchev–Trinajstić information content (AvgIpc) is 3.22. The number of hydrogen-bond donors (Lipinski definition) is 3. The zero-order valence-electron chi connectivity index (χ0n) is 22.8. The molecule has 2 aromatic rings. The first kappa shape index (κ1) is 26.7. The standard InChI is InChI=1S/C31H42ClNO5/c1-16(7-10-26-33-23-6-4-5-22(32)28(23)29(37)38-26)19-8-9-20-27-21(15-25(36)31(19,20)3)30(2)12-11-18(34)13-17(30)14-24(27)35/h4-6,16-21,24-25,27,34-36H,7-15H2,1-3H3/t16-,17+,18-,19-,20+,21?,24-,25+,27+,30+,31-/m1/s1. The number of hydrogen-bond acceptors (Lipinski definition) is 6. The van der Waals surface area contributed by atoms with Crippen molar-refractivity contribution in [2.45, 2.75) is 96.9 Å². The first-order chi connectivity index (χ1) is 18.0. The molecule has 4 aliphatic carbocycles. The summed E-state index contributed by atoms with van der Waals surface area (Å²) >= 11 is 6.18. The lowest BCUT2D eigenvalue weighted by Crippen LogP contribution is -2.62. The van der Waals surface area contributed by atoms with Crippen molar-refractivity contribution in [1.82, 2.24) is 4.98 Å². The number of rotatable bonds is 4. The molecule has 0 bridgehead atoms. The van der Waals surface area contributed by atoms with E-state index < -0.39 is 11.7 Å². The van der Waals surface area contributed by atoms with Crippen LogP contribution in [-0.2, 0) is 6.42 Å². The van der Waals surface area contributed by atoms with E-state index in [0.717, 1.165) is 51.4 Å². The van der Waals surface area contributed by atoms with Crippen molar-refractivity contribution < 1.29 is 19.7 Å². The minimum Gasteiger partial charge on any atom is -0.408 e. The number of aliphatic hydroxyl groups excluding tert-OH is 3. The molecule has 0 amide bonds. The zero-order valence-corrected chi connectivity index (χ0v) is 23.5. The summed E-state index contributed by atoms with van der Waals surface area (Å²) in [5.74, 6) is 2.21. The highest BCUT2D eigenvalue weighted by molar-refractivity contribution is 6.35. The highest BCUT2D eigenvalue weighted by Gasteiger charge is 2.65. The molecule has 1 unspecified atom stereocenters. The van der Waals surface area contributed by atoms with Gasteiger partial charge in [-0.1, -0.05) is 38.4 Å². The monoisotopic (exact) mass is 543 g/mol. The second-order valence-corrected chi connectivity index (χ2v) is 14.0. The van der Waals surface area contributed by atoms with Crippen molar-refractivity contribution in [2.24, 2.45) is 46.3 Å². The summed E-state index contributed by atoms with van der Waals surface area (Å²) in [5, 5.41) is 34.3. The van der Waals surface area contributed by atoms with Gasteiger partial charge in [0.15, 0.2) is 5.89 Å². The van der Waals surface area contributed by atoms with Crippen LogP contribution in [0, 0.1) is 46.3 Å². The van der Waals surface area contributed by atoms with Crippen molar-refractivity contribution in [2.75, 3.05) is 0 Å². The molecule has 7 heteroatoms. The summed E-state index contributed by atoms with van der Waals surface area (Å²) in [6, 6.07) is 5.25. The average molecular weight is 544 g/mol. The van der Waals surface area contributed by atoms with Gasteiger partial charge >= 0.3 is 5.63 Å². The normalized spacial score (nSPS) is 43.3. The van der Waals surface area contributed by atoms with Crippen molar-refractivity contribution >= 4 is 22.5 Å².